The van der Waals surface area contributed by atoms with E-state index in [0.717, 1.165) is 26.1 Å². The number of carbonyl (C=O) groups excluding carboxylic acids is 1. The van der Waals surface area contributed by atoms with E-state index in [0.29, 0.717) is 19.1 Å². The maximum Gasteiger partial charge on any atom is 0.236 e. The molecule has 68 valence electrons. The molecule has 1 unspecified atom stereocenters. The molecule has 2 heterocycles. The van der Waals surface area contributed by atoms with Gasteiger partial charge in [-0.1, -0.05) is 0 Å². The van der Waals surface area contributed by atoms with Crippen molar-refractivity contribution >= 4 is 5.91 Å². The van der Waals surface area contributed by atoms with Crippen LogP contribution in [0.2, 0.25) is 0 Å². The van der Waals surface area contributed by atoms with Crippen LogP contribution in [-0.2, 0) is 4.79 Å². The third kappa shape index (κ3) is 1.21. The lowest BCUT2D eigenvalue weighted by atomic mass is 10.2. The lowest BCUT2D eigenvalue weighted by Gasteiger charge is -2.33. The predicted molar refractivity (Wildman–Crippen MR) is 45.6 cm³/mol. The topological polar surface area (TPSA) is 49.6 Å². The van der Waals surface area contributed by atoms with Crippen LogP contribution >= 0.6 is 0 Å². The van der Waals surface area contributed by atoms with Gasteiger partial charge in [0.05, 0.1) is 6.54 Å². The second-order valence-electron chi connectivity index (χ2n) is 3.54. The van der Waals surface area contributed by atoms with Crippen molar-refractivity contribution in [1.29, 1.82) is 0 Å². The monoisotopic (exact) mass is 169 g/mol. The number of rotatable bonds is 2. The van der Waals surface area contributed by atoms with Crippen molar-refractivity contribution in [3.05, 3.63) is 0 Å². The highest BCUT2D eigenvalue weighted by molar-refractivity contribution is 5.79. The first-order chi connectivity index (χ1) is 5.81. The van der Waals surface area contributed by atoms with Crippen molar-refractivity contribution in [2.24, 2.45) is 5.73 Å². The molecule has 2 N–H and O–H groups in total. The minimum atomic E-state index is 0.275. The van der Waals surface area contributed by atoms with Crippen LogP contribution in [0.1, 0.15) is 6.42 Å². The Morgan fingerprint density at radius 2 is 2.42 bits per heavy atom. The van der Waals surface area contributed by atoms with E-state index in [1.807, 2.05) is 4.90 Å². The summed E-state index contributed by atoms with van der Waals surface area (Å²) in [5.41, 5.74) is 5.47. The van der Waals surface area contributed by atoms with E-state index >= 15 is 0 Å². The number of nitrogens with zero attached hydrogens (tertiary/aromatic N) is 2. The summed E-state index contributed by atoms with van der Waals surface area (Å²) in [5, 5.41) is 0. The first-order valence-electron chi connectivity index (χ1n) is 4.53. The third-order valence-corrected chi connectivity index (χ3v) is 2.79. The van der Waals surface area contributed by atoms with E-state index in [1.54, 1.807) is 0 Å². The van der Waals surface area contributed by atoms with Gasteiger partial charge >= 0.3 is 0 Å². The Bertz CT molecular complexity index is 195. The molecule has 1 atom stereocenters. The Kier molecular flexibility index (Phi) is 2.02. The molecule has 0 aliphatic carbocycles. The number of amides is 1. The minimum absolute atomic E-state index is 0.275. The van der Waals surface area contributed by atoms with Crippen molar-refractivity contribution in [2.75, 3.05) is 32.7 Å². The van der Waals surface area contributed by atoms with Gasteiger partial charge in [-0.05, 0) is 6.42 Å². The van der Waals surface area contributed by atoms with Gasteiger partial charge in [0.15, 0.2) is 0 Å². The van der Waals surface area contributed by atoms with Crippen molar-refractivity contribution in [2.45, 2.75) is 12.5 Å². The Morgan fingerprint density at radius 3 is 3.17 bits per heavy atom. The first-order valence-corrected chi connectivity index (χ1v) is 4.53. The van der Waals surface area contributed by atoms with Crippen LogP contribution < -0.4 is 5.73 Å². The summed E-state index contributed by atoms with van der Waals surface area (Å²) in [6.45, 7) is 3.99. The largest absolute Gasteiger partial charge is 0.340 e. The highest BCUT2D eigenvalue weighted by Gasteiger charge is 2.36. The first kappa shape index (κ1) is 8.01. The predicted octanol–water partition coefficient (Wildman–Crippen LogP) is -1.14. The number of hydrogen-bond donors (Lipinski definition) is 1. The lowest BCUT2D eigenvalue weighted by molar-refractivity contribution is -0.134. The molecule has 0 saturated carbocycles. The lowest BCUT2D eigenvalue weighted by Crippen LogP contribution is -2.51. The van der Waals surface area contributed by atoms with Gasteiger partial charge in [0.25, 0.3) is 0 Å². The van der Waals surface area contributed by atoms with Gasteiger partial charge in [0.2, 0.25) is 5.91 Å². The second-order valence-corrected chi connectivity index (χ2v) is 3.54. The van der Waals surface area contributed by atoms with E-state index in [-0.39, 0.29) is 5.91 Å². The molecule has 2 aliphatic heterocycles. The molecular weight excluding hydrogens is 154 g/mol. The molecule has 2 saturated heterocycles. The summed E-state index contributed by atoms with van der Waals surface area (Å²) in [6.07, 6.45) is 1.13. The molecule has 2 fully saturated rings. The van der Waals surface area contributed by atoms with E-state index in [2.05, 4.69) is 4.90 Å². The van der Waals surface area contributed by atoms with Gasteiger partial charge in [-0.15, -0.1) is 0 Å². The molecule has 2 rings (SSSR count). The van der Waals surface area contributed by atoms with Crippen molar-refractivity contribution in [3.63, 3.8) is 0 Å². The standard InChI is InChI=1S/C8H15N3O/c9-2-4-10-6-8(12)11-3-1-7(10)5-11/h7H,1-6,9H2. The molecule has 0 aromatic rings. The average Bonchev–Trinajstić information content (AvgIpc) is 2.46. The molecular formula is C8H15N3O. The molecule has 0 spiro atoms. The fourth-order valence-corrected chi connectivity index (χ4v) is 2.10. The zero-order chi connectivity index (χ0) is 8.55. The summed E-state index contributed by atoms with van der Waals surface area (Å²) in [7, 11) is 0. The molecule has 4 nitrogen and oxygen atoms in total. The number of hydrogen-bond acceptors (Lipinski definition) is 3. The Balaban J connectivity index is 2.02. The smallest absolute Gasteiger partial charge is 0.236 e. The average molecular weight is 169 g/mol. The SMILES string of the molecule is NCCN1CC(=O)N2CCC1C2. The zero-order valence-corrected chi connectivity index (χ0v) is 7.20. The van der Waals surface area contributed by atoms with Crippen molar-refractivity contribution in [1.82, 2.24) is 9.80 Å². The maximum atomic E-state index is 11.4. The van der Waals surface area contributed by atoms with E-state index < -0.39 is 0 Å². The highest BCUT2D eigenvalue weighted by atomic mass is 16.2. The highest BCUT2D eigenvalue weighted by Crippen LogP contribution is 2.20. The molecule has 2 bridgehead atoms. The summed E-state index contributed by atoms with van der Waals surface area (Å²) in [6, 6.07) is 0.589. The van der Waals surface area contributed by atoms with E-state index in [4.69, 9.17) is 5.73 Å². The van der Waals surface area contributed by atoms with Crippen molar-refractivity contribution in [3.8, 4) is 0 Å². The molecule has 2 aliphatic rings. The van der Waals surface area contributed by atoms with Gasteiger partial charge in [-0.25, -0.2) is 0 Å². The van der Waals surface area contributed by atoms with Gasteiger partial charge in [-0.3, -0.25) is 9.69 Å². The fourth-order valence-electron chi connectivity index (χ4n) is 2.10. The summed E-state index contributed by atoms with van der Waals surface area (Å²) >= 11 is 0. The van der Waals surface area contributed by atoms with Crippen LogP contribution in [0.5, 0.6) is 0 Å². The van der Waals surface area contributed by atoms with Gasteiger partial charge in [0, 0.05) is 32.2 Å². The number of piperazine rings is 1. The number of nitrogens with two attached hydrogens (primary N) is 1. The van der Waals surface area contributed by atoms with Crippen LogP contribution in [0.25, 0.3) is 0 Å². The summed E-state index contributed by atoms with van der Waals surface area (Å²) in [4.78, 5) is 15.6. The number of fused-ring (bicyclic) bond motifs is 2. The molecule has 1 amide bonds. The van der Waals surface area contributed by atoms with Crippen LogP contribution in [-0.4, -0.2) is 54.5 Å². The van der Waals surface area contributed by atoms with Gasteiger partial charge in [0.1, 0.15) is 0 Å². The van der Waals surface area contributed by atoms with Gasteiger partial charge in [-0.2, -0.15) is 0 Å². The minimum Gasteiger partial charge on any atom is -0.340 e. The van der Waals surface area contributed by atoms with Crippen LogP contribution in [0.3, 0.4) is 0 Å². The Morgan fingerprint density at radius 1 is 1.58 bits per heavy atom. The second kappa shape index (κ2) is 3.03. The zero-order valence-electron chi connectivity index (χ0n) is 7.20. The molecule has 12 heavy (non-hydrogen) atoms. The van der Waals surface area contributed by atoms with E-state index in [9.17, 15) is 4.79 Å². The quantitative estimate of drug-likeness (QED) is 0.568. The number of carbonyl (C=O) groups is 1. The molecule has 0 radical (unpaired) electrons. The molecule has 4 heteroatoms. The summed E-state index contributed by atoms with van der Waals surface area (Å²) < 4.78 is 0. The van der Waals surface area contributed by atoms with Crippen LogP contribution in [0.15, 0.2) is 0 Å². The van der Waals surface area contributed by atoms with Crippen molar-refractivity contribution < 1.29 is 4.79 Å². The van der Waals surface area contributed by atoms with Crippen LogP contribution in [0, 0.1) is 0 Å². The Hall–Kier alpha value is -0.610. The van der Waals surface area contributed by atoms with Crippen LogP contribution in [0.4, 0.5) is 0 Å². The molecule has 0 aromatic carbocycles. The third-order valence-electron chi connectivity index (χ3n) is 2.79. The normalized spacial score (nSPS) is 29.9. The van der Waals surface area contributed by atoms with Gasteiger partial charge < -0.3 is 10.6 Å². The summed E-state index contributed by atoms with van der Waals surface area (Å²) in [5.74, 6) is 0.275. The maximum absolute atomic E-state index is 11.4. The molecule has 0 aromatic heterocycles. The fraction of sp³-hybridized carbons (Fsp3) is 0.875. The Labute approximate surface area is 72.3 Å². The van der Waals surface area contributed by atoms with E-state index in [1.165, 1.54) is 0 Å².